The van der Waals surface area contributed by atoms with Gasteiger partial charge in [-0.1, -0.05) is 6.58 Å². The fourth-order valence-electron chi connectivity index (χ4n) is 0.540. The van der Waals surface area contributed by atoms with Gasteiger partial charge in [-0.05, 0) is 0 Å². The average Bonchev–Trinajstić information content (AvgIpc) is 1.85. The molecule has 0 bridgehead atoms. The molecule has 0 radical (unpaired) electrons. The lowest BCUT2D eigenvalue weighted by Crippen LogP contribution is -2.20. The summed E-state index contributed by atoms with van der Waals surface area (Å²) >= 11 is 0. The number of hydrogen-bond acceptors (Lipinski definition) is 3. The molecule has 0 unspecified atom stereocenters. The highest BCUT2D eigenvalue weighted by Crippen LogP contribution is 1.94. The Labute approximate surface area is 65.2 Å². The van der Waals surface area contributed by atoms with E-state index >= 15 is 0 Å². The predicted octanol–water partition coefficient (Wildman–Crippen LogP) is 0.199. The van der Waals surface area contributed by atoms with Gasteiger partial charge in [-0.2, -0.15) is 0 Å². The first kappa shape index (κ1) is 9.68. The summed E-state index contributed by atoms with van der Waals surface area (Å²) in [5.74, 6) is -0.650. The molecule has 0 aromatic carbocycles. The number of rotatable bonds is 3. The fraction of sp³-hybridized carbons (Fsp3) is 0.429. The number of carbonyl (C=O) groups excluding carboxylic acids is 2. The zero-order chi connectivity index (χ0) is 8.85. The van der Waals surface area contributed by atoms with Crippen LogP contribution < -0.4 is 5.32 Å². The summed E-state index contributed by atoms with van der Waals surface area (Å²) in [6.45, 7) is 4.80. The molecule has 0 fully saturated rings. The van der Waals surface area contributed by atoms with E-state index in [0.29, 0.717) is 5.70 Å². The van der Waals surface area contributed by atoms with Crippen LogP contribution in [0.25, 0.3) is 0 Å². The van der Waals surface area contributed by atoms with Crippen LogP contribution in [-0.4, -0.2) is 19.0 Å². The second-order valence-electron chi connectivity index (χ2n) is 2.04. The smallest absolute Gasteiger partial charge is 0.311 e. The number of amides is 1. The van der Waals surface area contributed by atoms with E-state index in [-0.39, 0.29) is 12.3 Å². The Hall–Kier alpha value is -1.32. The third-order valence-corrected chi connectivity index (χ3v) is 0.938. The van der Waals surface area contributed by atoms with Crippen molar-refractivity contribution < 1.29 is 14.3 Å². The zero-order valence-electron chi connectivity index (χ0n) is 6.64. The van der Waals surface area contributed by atoms with Crippen LogP contribution in [0.3, 0.4) is 0 Å². The molecule has 0 saturated carbocycles. The standard InChI is InChI=1S/C7H11NO3/c1-5(8-6(2)9)4-7(10)11-3/h1,4H2,2-3H3,(H,8,9). The van der Waals surface area contributed by atoms with E-state index in [1.807, 2.05) is 0 Å². The molecular formula is C7H11NO3. The van der Waals surface area contributed by atoms with E-state index in [1.54, 1.807) is 0 Å². The van der Waals surface area contributed by atoms with Crippen LogP contribution in [0.5, 0.6) is 0 Å². The molecule has 0 atom stereocenters. The van der Waals surface area contributed by atoms with Gasteiger partial charge in [0.1, 0.15) is 0 Å². The molecule has 0 spiro atoms. The lowest BCUT2D eigenvalue weighted by molar-refractivity contribution is -0.139. The molecule has 0 aliphatic carbocycles. The highest BCUT2D eigenvalue weighted by molar-refractivity contribution is 5.78. The van der Waals surface area contributed by atoms with Gasteiger partial charge in [0.2, 0.25) is 5.91 Å². The van der Waals surface area contributed by atoms with Gasteiger partial charge in [0.05, 0.1) is 13.5 Å². The lowest BCUT2D eigenvalue weighted by Gasteiger charge is -2.03. The Balaban J connectivity index is 3.70. The summed E-state index contributed by atoms with van der Waals surface area (Å²) in [5, 5.41) is 2.37. The third kappa shape index (κ3) is 5.14. The summed E-state index contributed by atoms with van der Waals surface area (Å²) in [4.78, 5) is 21.0. The summed E-state index contributed by atoms with van der Waals surface area (Å²) in [7, 11) is 1.28. The molecule has 0 saturated heterocycles. The minimum absolute atomic E-state index is 0.0239. The number of carbonyl (C=O) groups is 2. The number of methoxy groups -OCH3 is 1. The first-order valence-electron chi connectivity index (χ1n) is 3.08. The highest BCUT2D eigenvalue weighted by atomic mass is 16.5. The summed E-state index contributed by atoms with van der Waals surface area (Å²) in [6, 6.07) is 0. The van der Waals surface area contributed by atoms with Crippen molar-refractivity contribution in [2.24, 2.45) is 0 Å². The van der Waals surface area contributed by atoms with Crippen molar-refractivity contribution >= 4 is 11.9 Å². The van der Waals surface area contributed by atoms with Crippen molar-refractivity contribution in [2.75, 3.05) is 7.11 Å². The minimum Gasteiger partial charge on any atom is -0.469 e. The van der Waals surface area contributed by atoms with Crippen molar-refractivity contribution in [1.82, 2.24) is 5.32 Å². The summed E-state index contributed by atoms with van der Waals surface area (Å²) < 4.78 is 4.35. The van der Waals surface area contributed by atoms with Crippen LogP contribution in [-0.2, 0) is 14.3 Å². The average molecular weight is 157 g/mol. The first-order valence-corrected chi connectivity index (χ1v) is 3.08. The molecule has 1 amide bonds. The van der Waals surface area contributed by atoms with Gasteiger partial charge in [0, 0.05) is 12.6 Å². The maximum atomic E-state index is 10.6. The maximum absolute atomic E-state index is 10.6. The molecule has 62 valence electrons. The normalized spacial score (nSPS) is 8.55. The second kappa shape index (κ2) is 4.49. The van der Waals surface area contributed by atoms with E-state index in [2.05, 4.69) is 16.6 Å². The third-order valence-electron chi connectivity index (χ3n) is 0.938. The maximum Gasteiger partial charge on any atom is 0.311 e. The van der Waals surface area contributed by atoms with Crippen LogP contribution >= 0.6 is 0 Å². The largest absolute Gasteiger partial charge is 0.469 e. The van der Waals surface area contributed by atoms with Gasteiger partial charge >= 0.3 is 5.97 Å². The quantitative estimate of drug-likeness (QED) is 0.595. The van der Waals surface area contributed by atoms with Gasteiger partial charge in [0.15, 0.2) is 0 Å². The Morgan fingerprint density at radius 1 is 1.55 bits per heavy atom. The van der Waals surface area contributed by atoms with Crippen LogP contribution in [0.4, 0.5) is 0 Å². The number of esters is 1. The molecule has 0 rings (SSSR count). The van der Waals surface area contributed by atoms with Gasteiger partial charge in [-0.3, -0.25) is 9.59 Å². The highest BCUT2D eigenvalue weighted by Gasteiger charge is 2.03. The first-order chi connectivity index (χ1) is 5.06. The van der Waals surface area contributed by atoms with E-state index < -0.39 is 5.97 Å². The van der Waals surface area contributed by atoms with E-state index in [1.165, 1.54) is 14.0 Å². The topological polar surface area (TPSA) is 55.4 Å². The Bertz CT molecular complexity index is 186. The SMILES string of the molecule is C=C(CC(=O)OC)NC(C)=O. The molecule has 0 aliphatic rings. The molecule has 11 heavy (non-hydrogen) atoms. The van der Waals surface area contributed by atoms with Crippen LogP contribution in [0, 0.1) is 0 Å². The fourth-order valence-corrected chi connectivity index (χ4v) is 0.540. The number of nitrogens with one attached hydrogen (secondary N) is 1. The van der Waals surface area contributed by atoms with Crippen molar-refractivity contribution in [3.8, 4) is 0 Å². The molecule has 0 heterocycles. The van der Waals surface area contributed by atoms with E-state index in [4.69, 9.17) is 0 Å². The van der Waals surface area contributed by atoms with Gasteiger partial charge in [-0.25, -0.2) is 0 Å². The molecule has 0 aromatic heterocycles. The molecule has 1 N–H and O–H groups in total. The van der Waals surface area contributed by atoms with Gasteiger partial charge < -0.3 is 10.1 Å². The van der Waals surface area contributed by atoms with Gasteiger partial charge in [-0.15, -0.1) is 0 Å². The molecule has 0 aromatic rings. The molecule has 4 nitrogen and oxygen atoms in total. The monoisotopic (exact) mass is 157 g/mol. The zero-order valence-corrected chi connectivity index (χ0v) is 6.64. The second-order valence-corrected chi connectivity index (χ2v) is 2.04. The molecular weight excluding hydrogens is 146 g/mol. The van der Waals surface area contributed by atoms with Crippen molar-refractivity contribution in [3.63, 3.8) is 0 Å². The summed E-state index contributed by atoms with van der Waals surface area (Å²) in [6.07, 6.45) is 0.0239. The van der Waals surface area contributed by atoms with Crippen molar-refractivity contribution in [1.29, 1.82) is 0 Å². The van der Waals surface area contributed by atoms with Crippen LogP contribution in [0.1, 0.15) is 13.3 Å². The lowest BCUT2D eigenvalue weighted by atomic mass is 10.3. The number of ether oxygens (including phenoxy) is 1. The van der Waals surface area contributed by atoms with Gasteiger partial charge in [0.25, 0.3) is 0 Å². The Kier molecular flexibility index (Phi) is 3.95. The van der Waals surface area contributed by atoms with E-state index in [0.717, 1.165) is 0 Å². The van der Waals surface area contributed by atoms with Crippen molar-refractivity contribution in [3.05, 3.63) is 12.3 Å². The van der Waals surface area contributed by atoms with Crippen molar-refractivity contribution in [2.45, 2.75) is 13.3 Å². The number of hydrogen-bond donors (Lipinski definition) is 1. The van der Waals surface area contributed by atoms with Crippen LogP contribution in [0.15, 0.2) is 12.3 Å². The van der Waals surface area contributed by atoms with Crippen LogP contribution in [0.2, 0.25) is 0 Å². The minimum atomic E-state index is -0.413. The Morgan fingerprint density at radius 3 is 2.45 bits per heavy atom. The van der Waals surface area contributed by atoms with E-state index in [9.17, 15) is 9.59 Å². The Morgan fingerprint density at radius 2 is 2.09 bits per heavy atom. The molecule has 4 heteroatoms. The predicted molar refractivity (Wildman–Crippen MR) is 39.6 cm³/mol. The summed E-state index contributed by atoms with van der Waals surface area (Å²) in [5.41, 5.74) is 0.351. The molecule has 0 aliphatic heterocycles.